The summed E-state index contributed by atoms with van der Waals surface area (Å²) in [6.07, 6.45) is 1.59. The van der Waals surface area contributed by atoms with Gasteiger partial charge in [0.1, 0.15) is 11.8 Å². The number of benzene rings is 2. The molecule has 6 rings (SSSR count). The summed E-state index contributed by atoms with van der Waals surface area (Å²) < 4.78 is 0. The monoisotopic (exact) mass is 469 g/mol. The number of anilines is 1. The molecule has 3 atom stereocenters. The Balaban J connectivity index is 1.51. The molecule has 1 aliphatic carbocycles. The second kappa shape index (κ2) is 7.46. The van der Waals surface area contributed by atoms with Gasteiger partial charge in [-0.3, -0.25) is 24.4 Å². The summed E-state index contributed by atoms with van der Waals surface area (Å²) in [4.78, 5) is 50.7. The molecule has 0 radical (unpaired) electrons. The van der Waals surface area contributed by atoms with Crippen molar-refractivity contribution in [3.05, 3.63) is 100 Å². The minimum atomic E-state index is -1.02. The number of hydrogen-bond acceptors (Lipinski definition) is 6. The molecule has 2 aliphatic heterocycles. The van der Waals surface area contributed by atoms with Crippen LogP contribution in [0.25, 0.3) is 5.76 Å². The third-order valence-electron chi connectivity index (χ3n) is 6.49. The summed E-state index contributed by atoms with van der Waals surface area (Å²) in [7, 11) is 0. The highest BCUT2D eigenvalue weighted by molar-refractivity contribution is 6.42. The third-order valence-corrected chi connectivity index (χ3v) is 6.74. The van der Waals surface area contributed by atoms with Crippen LogP contribution in [0.15, 0.2) is 83.5 Å². The molecule has 3 unspecified atom stereocenters. The fraction of sp³-hybridized carbons (Fsp3) is 0.115. The molecule has 7 nitrogen and oxygen atoms in total. The standard InChI is InChI=1S/C26H16ClN3O4/c27-13-8-10-14(11-9-13)30-25(33)18-19(26(30)34)22(29-21(18)17-7-3-4-12-28-17)20-23(31)15-5-1-2-6-16(15)24(20)32/h1-12,18-19,21,31H. The van der Waals surface area contributed by atoms with E-state index in [1.807, 2.05) is 0 Å². The molecule has 1 saturated heterocycles. The van der Waals surface area contributed by atoms with Crippen molar-refractivity contribution >= 4 is 46.4 Å². The average Bonchev–Trinajstić information content (AvgIpc) is 3.45. The van der Waals surface area contributed by atoms with Crippen molar-refractivity contribution in [3.8, 4) is 0 Å². The Hall–Kier alpha value is -4.10. The van der Waals surface area contributed by atoms with Gasteiger partial charge in [0.05, 0.1) is 34.5 Å². The van der Waals surface area contributed by atoms with Crippen molar-refractivity contribution in [1.82, 2.24) is 4.98 Å². The summed E-state index contributed by atoms with van der Waals surface area (Å²) in [5, 5.41) is 11.4. The van der Waals surface area contributed by atoms with Gasteiger partial charge in [0.2, 0.25) is 11.8 Å². The number of allylic oxidation sites excluding steroid dienone is 1. The van der Waals surface area contributed by atoms with E-state index in [2.05, 4.69) is 9.98 Å². The van der Waals surface area contributed by atoms with Gasteiger partial charge in [-0.25, -0.2) is 4.90 Å². The number of ketones is 1. The van der Waals surface area contributed by atoms with Crippen molar-refractivity contribution < 1.29 is 19.5 Å². The number of halogens is 1. The van der Waals surface area contributed by atoms with E-state index in [1.165, 1.54) is 0 Å². The van der Waals surface area contributed by atoms with Crippen LogP contribution in [-0.2, 0) is 9.59 Å². The molecule has 2 amide bonds. The molecule has 2 aromatic carbocycles. The lowest BCUT2D eigenvalue weighted by atomic mass is 9.84. The third kappa shape index (κ3) is 2.80. The fourth-order valence-electron chi connectivity index (χ4n) is 4.98. The summed E-state index contributed by atoms with van der Waals surface area (Å²) in [6.45, 7) is 0. The number of aliphatic hydroxyl groups is 1. The largest absolute Gasteiger partial charge is 0.506 e. The predicted molar refractivity (Wildman–Crippen MR) is 126 cm³/mol. The Morgan fingerprint density at radius 1 is 0.853 bits per heavy atom. The molecule has 0 spiro atoms. The number of hydrogen-bond donors (Lipinski definition) is 1. The number of carbonyl (C=O) groups is 3. The smallest absolute Gasteiger partial charge is 0.243 e. The van der Waals surface area contributed by atoms with Gasteiger partial charge in [-0.2, -0.15) is 0 Å². The van der Waals surface area contributed by atoms with Crippen LogP contribution in [0.3, 0.4) is 0 Å². The van der Waals surface area contributed by atoms with Gasteiger partial charge in [0.15, 0.2) is 5.78 Å². The molecular weight excluding hydrogens is 454 g/mol. The van der Waals surface area contributed by atoms with Gasteiger partial charge in [-0.15, -0.1) is 0 Å². The molecule has 3 heterocycles. The minimum Gasteiger partial charge on any atom is -0.506 e. The summed E-state index contributed by atoms with van der Waals surface area (Å²) >= 11 is 5.99. The molecule has 8 heteroatoms. The van der Waals surface area contributed by atoms with Gasteiger partial charge in [0.25, 0.3) is 0 Å². The van der Waals surface area contributed by atoms with Crippen LogP contribution in [0, 0.1) is 11.8 Å². The zero-order valence-electron chi connectivity index (χ0n) is 17.6. The number of fused-ring (bicyclic) bond motifs is 2. The number of aromatic nitrogens is 1. The molecule has 1 fully saturated rings. The van der Waals surface area contributed by atoms with Crippen LogP contribution in [0.5, 0.6) is 0 Å². The Morgan fingerprint density at radius 3 is 2.24 bits per heavy atom. The van der Waals surface area contributed by atoms with E-state index in [9.17, 15) is 19.5 Å². The normalized spacial score (nSPS) is 23.4. The highest BCUT2D eigenvalue weighted by Crippen LogP contribution is 2.48. The molecule has 0 bridgehead atoms. The number of pyridine rings is 1. The summed E-state index contributed by atoms with van der Waals surface area (Å²) in [6, 6.07) is 17.5. The molecule has 0 saturated carbocycles. The molecular formula is C26H16ClN3O4. The van der Waals surface area contributed by atoms with Crippen LogP contribution in [-0.4, -0.2) is 33.4 Å². The Bertz CT molecular complexity index is 1450. The van der Waals surface area contributed by atoms with Crippen molar-refractivity contribution in [3.63, 3.8) is 0 Å². The highest BCUT2D eigenvalue weighted by atomic mass is 35.5. The van der Waals surface area contributed by atoms with Gasteiger partial charge < -0.3 is 5.11 Å². The number of aliphatic hydroxyl groups excluding tert-OH is 1. The zero-order valence-corrected chi connectivity index (χ0v) is 18.3. The molecule has 3 aromatic rings. The zero-order chi connectivity index (χ0) is 23.6. The quantitative estimate of drug-likeness (QED) is 0.579. The van der Waals surface area contributed by atoms with E-state index < -0.39 is 35.5 Å². The number of rotatable bonds is 3. The number of imide groups is 1. The number of carbonyl (C=O) groups excluding carboxylic acids is 3. The first-order valence-electron chi connectivity index (χ1n) is 10.7. The maximum Gasteiger partial charge on any atom is 0.243 e. The first-order chi connectivity index (χ1) is 16.5. The number of nitrogens with zero attached hydrogens (tertiary/aromatic N) is 3. The van der Waals surface area contributed by atoms with Crippen molar-refractivity contribution in [1.29, 1.82) is 0 Å². The highest BCUT2D eigenvalue weighted by Gasteiger charge is 2.59. The van der Waals surface area contributed by atoms with E-state index in [4.69, 9.17) is 11.6 Å². The topological polar surface area (TPSA) is 99.9 Å². The summed E-state index contributed by atoms with van der Waals surface area (Å²) in [5.74, 6) is -3.49. The lowest BCUT2D eigenvalue weighted by Gasteiger charge is -2.18. The van der Waals surface area contributed by atoms with E-state index >= 15 is 0 Å². The van der Waals surface area contributed by atoms with Crippen molar-refractivity contribution in [2.75, 3.05) is 4.90 Å². The first-order valence-corrected chi connectivity index (χ1v) is 11.0. The molecule has 34 heavy (non-hydrogen) atoms. The van der Waals surface area contributed by atoms with Crippen LogP contribution < -0.4 is 4.90 Å². The van der Waals surface area contributed by atoms with Crippen LogP contribution in [0.4, 0.5) is 5.69 Å². The van der Waals surface area contributed by atoms with E-state index in [-0.39, 0.29) is 17.0 Å². The Morgan fingerprint density at radius 2 is 1.56 bits per heavy atom. The molecule has 1 N–H and O–H groups in total. The maximum atomic E-state index is 13.7. The van der Waals surface area contributed by atoms with Gasteiger partial charge >= 0.3 is 0 Å². The SMILES string of the molecule is O=C1C(C2=NC(c3ccccn3)C3C(=O)N(c4ccc(Cl)cc4)C(=O)C23)=C(O)c2ccccc21. The first kappa shape index (κ1) is 20.5. The molecule has 3 aliphatic rings. The van der Waals surface area contributed by atoms with Crippen LogP contribution in [0.2, 0.25) is 5.02 Å². The van der Waals surface area contributed by atoms with Gasteiger partial charge in [0, 0.05) is 22.3 Å². The van der Waals surface area contributed by atoms with E-state index in [0.29, 0.717) is 27.5 Å². The Kier molecular flexibility index (Phi) is 4.50. The van der Waals surface area contributed by atoms with Crippen LogP contribution in [0.1, 0.15) is 27.7 Å². The fourth-order valence-corrected chi connectivity index (χ4v) is 5.10. The Labute approximate surface area is 199 Å². The van der Waals surface area contributed by atoms with Gasteiger partial charge in [-0.05, 0) is 36.4 Å². The second-order valence-corrected chi connectivity index (χ2v) is 8.74. The number of Topliss-reactive ketones (excluding diaryl/α,β-unsaturated/α-hetero) is 1. The number of amides is 2. The second-order valence-electron chi connectivity index (χ2n) is 8.30. The minimum absolute atomic E-state index is 0.0336. The maximum absolute atomic E-state index is 13.7. The van der Waals surface area contributed by atoms with Gasteiger partial charge in [-0.1, -0.05) is 41.9 Å². The predicted octanol–water partition coefficient (Wildman–Crippen LogP) is 4.20. The molecule has 1 aromatic heterocycles. The van der Waals surface area contributed by atoms with Crippen LogP contribution >= 0.6 is 11.6 Å². The lowest BCUT2D eigenvalue weighted by molar-refractivity contribution is -0.122. The average molecular weight is 470 g/mol. The number of aliphatic imine (C=N–C) groups is 1. The lowest BCUT2D eigenvalue weighted by Crippen LogP contribution is -2.33. The summed E-state index contributed by atoms with van der Waals surface area (Å²) in [5.41, 5.74) is 1.70. The van der Waals surface area contributed by atoms with Crippen molar-refractivity contribution in [2.45, 2.75) is 6.04 Å². The van der Waals surface area contributed by atoms with Crippen molar-refractivity contribution in [2.24, 2.45) is 16.8 Å². The van der Waals surface area contributed by atoms with E-state index in [1.54, 1.807) is 72.9 Å². The van der Waals surface area contributed by atoms with E-state index in [0.717, 1.165) is 4.90 Å². The molecule has 166 valence electrons.